The van der Waals surface area contributed by atoms with E-state index in [1.54, 1.807) is 0 Å². The highest BCUT2D eigenvalue weighted by molar-refractivity contribution is 5.08. The smallest absolute Gasteiger partial charge is 0.0299 e. The van der Waals surface area contributed by atoms with Gasteiger partial charge in [0, 0.05) is 18.4 Å². The van der Waals surface area contributed by atoms with Crippen molar-refractivity contribution in [2.45, 2.75) is 65.3 Å². The summed E-state index contributed by atoms with van der Waals surface area (Å²) in [4.78, 5) is 4.19. The summed E-state index contributed by atoms with van der Waals surface area (Å²) < 4.78 is 0. The van der Waals surface area contributed by atoms with Gasteiger partial charge in [-0.25, -0.2) is 0 Å². The van der Waals surface area contributed by atoms with Crippen LogP contribution >= 0.6 is 0 Å². The quantitative estimate of drug-likeness (QED) is 0.683. The lowest BCUT2D eigenvalue weighted by atomic mass is 9.93. The molecule has 2 heteroatoms. The van der Waals surface area contributed by atoms with Crippen LogP contribution in [0.1, 0.15) is 58.4 Å². The van der Waals surface area contributed by atoms with Gasteiger partial charge in [0.25, 0.3) is 0 Å². The summed E-state index contributed by atoms with van der Waals surface area (Å²) in [5.41, 5.74) is 1.36. The van der Waals surface area contributed by atoms with Crippen molar-refractivity contribution in [1.82, 2.24) is 10.3 Å². The first-order chi connectivity index (χ1) is 9.26. The fourth-order valence-corrected chi connectivity index (χ4v) is 2.63. The molecule has 0 aliphatic carbocycles. The Kier molecular flexibility index (Phi) is 8.48. The highest BCUT2D eigenvalue weighted by atomic mass is 14.9. The van der Waals surface area contributed by atoms with Gasteiger partial charge < -0.3 is 5.32 Å². The summed E-state index contributed by atoms with van der Waals surface area (Å²) >= 11 is 0. The molecule has 2 nitrogen and oxygen atoms in total. The van der Waals surface area contributed by atoms with Crippen LogP contribution in [-0.2, 0) is 6.42 Å². The zero-order valence-electron chi connectivity index (χ0n) is 12.9. The fourth-order valence-electron chi connectivity index (χ4n) is 2.63. The maximum Gasteiger partial charge on any atom is 0.0299 e. The molecule has 108 valence electrons. The van der Waals surface area contributed by atoms with Crippen molar-refractivity contribution in [2.24, 2.45) is 5.92 Å². The van der Waals surface area contributed by atoms with E-state index >= 15 is 0 Å². The van der Waals surface area contributed by atoms with Gasteiger partial charge in [-0.05, 0) is 49.8 Å². The predicted molar refractivity (Wildman–Crippen MR) is 83.3 cm³/mol. The highest BCUT2D eigenvalue weighted by Crippen LogP contribution is 2.16. The Bertz CT molecular complexity index is 310. The lowest BCUT2D eigenvalue weighted by molar-refractivity contribution is 0.367. The summed E-state index contributed by atoms with van der Waals surface area (Å²) in [6.07, 6.45) is 11.3. The Labute approximate surface area is 119 Å². The molecular formula is C17H30N2. The number of aromatic nitrogens is 1. The average molecular weight is 262 g/mol. The lowest BCUT2D eigenvalue weighted by Gasteiger charge is -2.22. The van der Waals surface area contributed by atoms with Gasteiger partial charge in [0.05, 0.1) is 0 Å². The molecule has 0 saturated heterocycles. The molecule has 0 amide bonds. The average Bonchev–Trinajstić information content (AvgIpc) is 2.43. The second-order valence-electron chi connectivity index (χ2n) is 5.68. The van der Waals surface area contributed by atoms with Crippen molar-refractivity contribution in [1.29, 1.82) is 0 Å². The van der Waals surface area contributed by atoms with Gasteiger partial charge >= 0.3 is 0 Å². The van der Waals surface area contributed by atoms with Crippen molar-refractivity contribution < 1.29 is 0 Å². The summed E-state index contributed by atoms with van der Waals surface area (Å²) in [6.45, 7) is 8.03. The van der Waals surface area contributed by atoms with Crippen molar-refractivity contribution in [2.75, 3.05) is 6.54 Å². The Morgan fingerprint density at radius 3 is 2.68 bits per heavy atom. The molecule has 0 spiro atoms. The number of aryl methyl sites for hydroxylation is 1. The fraction of sp³-hybridized carbons (Fsp3) is 0.706. The zero-order chi connectivity index (χ0) is 13.9. The molecule has 2 unspecified atom stereocenters. The van der Waals surface area contributed by atoms with E-state index in [4.69, 9.17) is 0 Å². The summed E-state index contributed by atoms with van der Waals surface area (Å²) in [5, 5.41) is 3.71. The van der Waals surface area contributed by atoms with Crippen LogP contribution in [0.4, 0.5) is 0 Å². The van der Waals surface area contributed by atoms with E-state index in [9.17, 15) is 0 Å². The third-order valence-corrected chi connectivity index (χ3v) is 3.66. The Morgan fingerprint density at radius 1 is 1.21 bits per heavy atom. The van der Waals surface area contributed by atoms with Crippen LogP contribution in [-0.4, -0.2) is 17.6 Å². The molecule has 0 bridgehead atoms. The molecular weight excluding hydrogens is 232 g/mol. The molecule has 0 aliphatic heterocycles. The first-order valence-electron chi connectivity index (χ1n) is 7.88. The molecule has 1 aromatic heterocycles. The number of rotatable bonds is 10. The summed E-state index contributed by atoms with van der Waals surface area (Å²) in [7, 11) is 0. The van der Waals surface area contributed by atoms with E-state index in [-0.39, 0.29) is 0 Å². The lowest BCUT2D eigenvalue weighted by Crippen LogP contribution is -2.32. The minimum Gasteiger partial charge on any atom is -0.314 e. The Morgan fingerprint density at radius 2 is 2.05 bits per heavy atom. The van der Waals surface area contributed by atoms with E-state index in [0.717, 1.165) is 18.9 Å². The Balaban J connectivity index is 2.40. The molecule has 2 atom stereocenters. The molecule has 0 radical (unpaired) electrons. The van der Waals surface area contributed by atoms with Crippen LogP contribution in [0.25, 0.3) is 0 Å². The molecule has 1 aromatic rings. The molecule has 0 fully saturated rings. The van der Waals surface area contributed by atoms with Crippen LogP contribution in [0.3, 0.4) is 0 Å². The van der Waals surface area contributed by atoms with Crippen molar-refractivity contribution >= 4 is 0 Å². The van der Waals surface area contributed by atoms with Crippen molar-refractivity contribution in [3.63, 3.8) is 0 Å². The molecule has 1 heterocycles. The second-order valence-corrected chi connectivity index (χ2v) is 5.68. The largest absolute Gasteiger partial charge is 0.314 e. The van der Waals surface area contributed by atoms with E-state index in [2.05, 4.69) is 37.1 Å². The van der Waals surface area contributed by atoms with Gasteiger partial charge in [-0.3, -0.25) is 4.98 Å². The van der Waals surface area contributed by atoms with Gasteiger partial charge in [-0.2, -0.15) is 0 Å². The van der Waals surface area contributed by atoms with Gasteiger partial charge in [-0.15, -0.1) is 0 Å². The van der Waals surface area contributed by atoms with Gasteiger partial charge in [0.2, 0.25) is 0 Å². The van der Waals surface area contributed by atoms with Gasteiger partial charge in [-0.1, -0.05) is 39.7 Å². The number of hydrogen-bond donors (Lipinski definition) is 1. The maximum absolute atomic E-state index is 4.19. The first kappa shape index (κ1) is 16.2. The highest BCUT2D eigenvalue weighted by Gasteiger charge is 2.12. The summed E-state index contributed by atoms with van der Waals surface area (Å²) in [6, 6.07) is 4.87. The van der Waals surface area contributed by atoms with Crippen LogP contribution in [0, 0.1) is 5.92 Å². The van der Waals surface area contributed by atoms with Crippen LogP contribution in [0.2, 0.25) is 0 Å². The van der Waals surface area contributed by atoms with Crippen molar-refractivity contribution in [3.05, 3.63) is 30.1 Å². The van der Waals surface area contributed by atoms with Gasteiger partial charge in [0.15, 0.2) is 0 Å². The minimum absolute atomic E-state index is 0.654. The standard InChI is InChI=1S/C17H30N2/c1-4-7-15(3)13-17(19-11-5-2)10-9-16-8-6-12-18-14-16/h6,8,12,14-15,17,19H,4-5,7,9-11,13H2,1-3H3. The minimum atomic E-state index is 0.654. The molecule has 1 N–H and O–H groups in total. The second kappa shape index (κ2) is 9.96. The number of hydrogen-bond acceptors (Lipinski definition) is 2. The topological polar surface area (TPSA) is 24.9 Å². The third-order valence-electron chi connectivity index (χ3n) is 3.66. The van der Waals surface area contributed by atoms with E-state index in [1.807, 2.05) is 18.5 Å². The van der Waals surface area contributed by atoms with E-state index in [0.29, 0.717) is 6.04 Å². The molecule has 1 rings (SSSR count). The monoisotopic (exact) mass is 262 g/mol. The number of nitrogens with zero attached hydrogens (tertiary/aromatic N) is 1. The SMILES string of the molecule is CCCNC(CCc1cccnc1)CC(C)CCC. The molecule has 0 aliphatic rings. The van der Waals surface area contributed by atoms with Crippen LogP contribution in [0.5, 0.6) is 0 Å². The molecule has 19 heavy (non-hydrogen) atoms. The van der Waals surface area contributed by atoms with E-state index < -0.39 is 0 Å². The van der Waals surface area contributed by atoms with Crippen LogP contribution < -0.4 is 5.32 Å². The predicted octanol–water partition coefficient (Wildman–Crippen LogP) is 4.21. The third kappa shape index (κ3) is 7.31. The van der Waals surface area contributed by atoms with E-state index in [1.165, 1.54) is 37.7 Å². The van der Waals surface area contributed by atoms with Crippen molar-refractivity contribution in [3.8, 4) is 0 Å². The van der Waals surface area contributed by atoms with Crippen LogP contribution in [0.15, 0.2) is 24.5 Å². The molecule has 0 saturated carbocycles. The summed E-state index contributed by atoms with van der Waals surface area (Å²) in [5.74, 6) is 0.827. The number of pyridine rings is 1. The Hall–Kier alpha value is -0.890. The van der Waals surface area contributed by atoms with Gasteiger partial charge in [0.1, 0.15) is 0 Å². The normalized spacial score (nSPS) is 14.3. The zero-order valence-corrected chi connectivity index (χ0v) is 12.9. The maximum atomic E-state index is 4.19. The first-order valence-corrected chi connectivity index (χ1v) is 7.88. The number of nitrogens with one attached hydrogen (secondary N) is 1. The molecule has 0 aromatic carbocycles.